The van der Waals surface area contributed by atoms with Gasteiger partial charge in [0, 0.05) is 19.4 Å². The largest absolute Gasteiger partial charge is 0.337 e. The van der Waals surface area contributed by atoms with Gasteiger partial charge >= 0.3 is 0 Å². The summed E-state index contributed by atoms with van der Waals surface area (Å²) in [5, 5.41) is 7.53. The van der Waals surface area contributed by atoms with E-state index in [9.17, 15) is 0 Å². The normalized spacial score (nSPS) is 10.3. The smallest absolute Gasteiger partial charge is 0.133 e. The first-order chi connectivity index (χ1) is 7.16. The SMILES string of the molecule is Cc1cccnc1Nc1cn(C)nc1C. The van der Waals surface area contributed by atoms with E-state index in [-0.39, 0.29) is 0 Å². The molecular weight excluding hydrogens is 188 g/mol. The molecule has 0 aromatic carbocycles. The maximum atomic E-state index is 4.28. The monoisotopic (exact) mass is 202 g/mol. The molecular formula is C11H14N4. The Morgan fingerprint density at radius 2 is 2.13 bits per heavy atom. The fraction of sp³-hybridized carbons (Fsp3) is 0.273. The molecule has 0 radical (unpaired) electrons. The molecule has 0 saturated carbocycles. The molecule has 0 fully saturated rings. The van der Waals surface area contributed by atoms with Crippen molar-refractivity contribution in [2.45, 2.75) is 13.8 Å². The predicted octanol–water partition coefficient (Wildman–Crippen LogP) is 2.18. The van der Waals surface area contributed by atoms with Gasteiger partial charge in [-0.2, -0.15) is 5.10 Å². The lowest BCUT2D eigenvalue weighted by atomic mass is 10.3. The minimum absolute atomic E-state index is 0.883. The Kier molecular flexibility index (Phi) is 2.41. The lowest BCUT2D eigenvalue weighted by Gasteiger charge is -2.05. The second-order valence-electron chi connectivity index (χ2n) is 3.60. The Morgan fingerprint density at radius 1 is 1.33 bits per heavy atom. The van der Waals surface area contributed by atoms with Gasteiger partial charge in [-0.15, -0.1) is 0 Å². The molecule has 2 aromatic heterocycles. The highest BCUT2D eigenvalue weighted by Crippen LogP contribution is 2.19. The van der Waals surface area contributed by atoms with E-state index in [1.165, 1.54) is 0 Å². The molecule has 1 N–H and O–H groups in total. The summed E-state index contributed by atoms with van der Waals surface area (Å²) < 4.78 is 1.79. The van der Waals surface area contributed by atoms with Crippen molar-refractivity contribution in [1.29, 1.82) is 0 Å². The zero-order chi connectivity index (χ0) is 10.8. The van der Waals surface area contributed by atoms with Gasteiger partial charge in [-0.1, -0.05) is 6.07 Å². The van der Waals surface area contributed by atoms with Crippen molar-refractivity contribution in [3.63, 3.8) is 0 Å². The van der Waals surface area contributed by atoms with Crippen LogP contribution in [0, 0.1) is 13.8 Å². The van der Waals surface area contributed by atoms with Crippen molar-refractivity contribution >= 4 is 11.5 Å². The molecule has 4 heteroatoms. The lowest BCUT2D eigenvalue weighted by Crippen LogP contribution is -1.95. The predicted molar refractivity (Wildman–Crippen MR) is 60.2 cm³/mol. The van der Waals surface area contributed by atoms with E-state index in [0.29, 0.717) is 0 Å². The Balaban J connectivity index is 2.29. The maximum Gasteiger partial charge on any atom is 0.133 e. The molecule has 15 heavy (non-hydrogen) atoms. The Bertz CT molecular complexity index is 473. The van der Waals surface area contributed by atoms with Gasteiger partial charge in [0.15, 0.2) is 0 Å². The zero-order valence-electron chi connectivity index (χ0n) is 9.15. The van der Waals surface area contributed by atoms with Gasteiger partial charge in [0.2, 0.25) is 0 Å². The van der Waals surface area contributed by atoms with Crippen LogP contribution in [0.5, 0.6) is 0 Å². The first-order valence-electron chi connectivity index (χ1n) is 4.85. The minimum atomic E-state index is 0.883. The minimum Gasteiger partial charge on any atom is -0.337 e. The number of hydrogen-bond acceptors (Lipinski definition) is 3. The fourth-order valence-corrected chi connectivity index (χ4v) is 1.47. The summed E-state index contributed by atoms with van der Waals surface area (Å²) in [4.78, 5) is 4.28. The highest BCUT2D eigenvalue weighted by Gasteiger charge is 2.04. The molecule has 4 nitrogen and oxygen atoms in total. The van der Waals surface area contributed by atoms with Gasteiger partial charge in [0.25, 0.3) is 0 Å². The van der Waals surface area contributed by atoms with Gasteiger partial charge in [-0.3, -0.25) is 4.68 Å². The number of hydrogen-bond donors (Lipinski definition) is 1. The second kappa shape index (κ2) is 3.73. The fourth-order valence-electron chi connectivity index (χ4n) is 1.47. The molecule has 0 saturated heterocycles. The van der Waals surface area contributed by atoms with E-state index in [4.69, 9.17) is 0 Å². The van der Waals surface area contributed by atoms with Crippen LogP contribution in [-0.2, 0) is 7.05 Å². The molecule has 0 aliphatic carbocycles. The van der Waals surface area contributed by atoms with Crippen LogP contribution in [0.4, 0.5) is 11.5 Å². The van der Waals surface area contributed by atoms with Crippen molar-refractivity contribution in [3.8, 4) is 0 Å². The third kappa shape index (κ3) is 1.98. The first-order valence-corrected chi connectivity index (χ1v) is 4.85. The number of nitrogens with zero attached hydrogens (tertiary/aromatic N) is 3. The van der Waals surface area contributed by atoms with E-state index in [1.807, 2.05) is 39.2 Å². The molecule has 0 amide bonds. The number of anilines is 2. The van der Waals surface area contributed by atoms with Crippen LogP contribution in [0.25, 0.3) is 0 Å². The average molecular weight is 202 g/mol. The standard InChI is InChI=1S/C11H14N4/c1-8-5-4-6-12-11(8)13-10-7-15(3)14-9(10)2/h4-7H,1-3H3,(H,12,13). The third-order valence-electron chi connectivity index (χ3n) is 2.28. The van der Waals surface area contributed by atoms with Crippen LogP contribution in [0.2, 0.25) is 0 Å². The molecule has 0 unspecified atom stereocenters. The number of aromatic nitrogens is 3. The zero-order valence-corrected chi connectivity index (χ0v) is 9.15. The van der Waals surface area contributed by atoms with Crippen LogP contribution in [0.15, 0.2) is 24.5 Å². The topological polar surface area (TPSA) is 42.7 Å². The number of aryl methyl sites for hydroxylation is 3. The van der Waals surface area contributed by atoms with Gasteiger partial charge < -0.3 is 5.32 Å². The van der Waals surface area contributed by atoms with Gasteiger partial charge in [-0.25, -0.2) is 4.98 Å². The van der Waals surface area contributed by atoms with E-state index in [0.717, 1.165) is 22.8 Å². The molecule has 2 rings (SSSR count). The van der Waals surface area contributed by atoms with Crippen LogP contribution in [0.3, 0.4) is 0 Å². The van der Waals surface area contributed by atoms with Crippen LogP contribution in [-0.4, -0.2) is 14.8 Å². The molecule has 2 heterocycles. The van der Waals surface area contributed by atoms with E-state index in [2.05, 4.69) is 15.4 Å². The summed E-state index contributed by atoms with van der Waals surface area (Å²) in [6.07, 6.45) is 3.73. The average Bonchev–Trinajstić information content (AvgIpc) is 2.49. The van der Waals surface area contributed by atoms with Crippen molar-refractivity contribution in [2.24, 2.45) is 7.05 Å². The Morgan fingerprint density at radius 3 is 2.73 bits per heavy atom. The van der Waals surface area contributed by atoms with Gasteiger partial charge in [-0.05, 0) is 25.5 Å². The van der Waals surface area contributed by atoms with Crippen molar-refractivity contribution in [1.82, 2.24) is 14.8 Å². The van der Waals surface area contributed by atoms with Crippen molar-refractivity contribution < 1.29 is 0 Å². The van der Waals surface area contributed by atoms with E-state index in [1.54, 1.807) is 10.9 Å². The number of rotatable bonds is 2. The van der Waals surface area contributed by atoms with E-state index >= 15 is 0 Å². The van der Waals surface area contributed by atoms with Gasteiger partial charge in [0.1, 0.15) is 5.82 Å². The summed E-state index contributed by atoms with van der Waals surface area (Å²) in [6, 6.07) is 3.96. The molecule has 0 atom stereocenters. The molecule has 0 spiro atoms. The maximum absolute atomic E-state index is 4.28. The molecule has 2 aromatic rings. The van der Waals surface area contributed by atoms with Crippen molar-refractivity contribution in [2.75, 3.05) is 5.32 Å². The highest BCUT2D eigenvalue weighted by atomic mass is 15.3. The molecule has 0 aliphatic heterocycles. The first kappa shape index (κ1) is 9.71. The van der Waals surface area contributed by atoms with Crippen LogP contribution in [0.1, 0.15) is 11.3 Å². The van der Waals surface area contributed by atoms with Gasteiger partial charge in [0.05, 0.1) is 11.4 Å². The number of pyridine rings is 1. The third-order valence-corrected chi connectivity index (χ3v) is 2.28. The van der Waals surface area contributed by atoms with Crippen LogP contribution < -0.4 is 5.32 Å². The summed E-state index contributed by atoms with van der Waals surface area (Å²) in [6.45, 7) is 4.00. The van der Waals surface area contributed by atoms with Crippen LogP contribution >= 0.6 is 0 Å². The molecule has 78 valence electrons. The summed E-state index contributed by atoms with van der Waals surface area (Å²) >= 11 is 0. The van der Waals surface area contributed by atoms with Crippen molar-refractivity contribution in [3.05, 3.63) is 35.8 Å². The van der Waals surface area contributed by atoms with E-state index < -0.39 is 0 Å². The summed E-state index contributed by atoms with van der Waals surface area (Å²) in [7, 11) is 1.91. The second-order valence-corrected chi connectivity index (χ2v) is 3.60. The number of nitrogens with one attached hydrogen (secondary N) is 1. The quantitative estimate of drug-likeness (QED) is 0.811. The summed E-state index contributed by atoms with van der Waals surface area (Å²) in [5.74, 6) is 0.883. The Hall–Kier alpha value is -1.84. The highest BCUT2D eigenvalue weighted by molar-refractivity contribution is 5.60. The molecule has 0 bridgehead atoms. The Labute approximate surface area is 89.0 Å². The molecule has 0 aliphatic rings. The summed E-state index contributed by atoms with van der Waals surface area (Å²) in [5.41, 5.74) is 3.10. The lowest BCUT2D eigenvalue weighted by molar-refractivity contribution is 0.756.